The minimum atomic E-state index is -0.217. The van der Waals surface area contributed by atoms with Crippen molar-refractivity contribution in [1.82, 2.24) is 0 Å². The van der Waals surface area contributed by atoms with E-state index in [4.69, 9.17) is 11.1 Å². The summed E-state index contributed by atoms with van der Waals surface area (Å²) in [5, 5.41) is 0. The van der Waals surface area contributed by atoms with Crippen LogP contribution in [0.4, 0.5) is 0 Å². The second kappa shape index (κ2) is 6.62. The fourth-order valence-electron chi connectivity index (χ4n) is 0.820. The van der Waals surface area contributed by atoms with E-state index in [-0.39, 0.29) is 8.83 Å². The van der Waals surface area contributed by atoms with Gasteiger partial charge in [0.05, 0.1) is 0 Å². The second-order valence-electron chi connectivity index (χ2n) is 2.76. The van der Waals surface area contributed by atoms with Crippen LogP contribution in [0, 0.1) is 0 Å². The Morgan fingerprint density at radius 1 is 1.44 bits per heavy atom. The van der Waals surface area contributed by atoms with E-state index >= 15 is 0 Å². The van der Waals surface area contributed by atoms with E-state index in [1.54, 1.807) is 0 Å². The van der Waals surface area contributed by atoms with Crippen LogP contribution >= 0.6 is 11.1 Å². The maximum Gasteiger partial charge on any atom is 0.128 e. The molecule has 0 radical (unpaired) electrons. The zero-order valence-electron chi connectivity index (χ0n) is 6.49. The highest BCUT2D eigenvalue weighted by Crippen LogP contribution is 2.13. The molecule has 1 atom stereocenters. The lowest BCUT2D eigenvalue weighted by molar-refractivity contribution is 0.654. The van der Waals surface area contributed by atoms with Crippen LogP contribution in [0.3, 0.4) is 0 Å². The molecular weight excluding hydrogens is 148 g/mol. The van der Waals surface area contributed by atoms with Gasteiger partial charge >= 0.3 is 0 Å². The number of hydrogen-bond donors (Lipinski definition) is 0. The molecule has 2 heteroatoms. The normalized spacial score (nSPS) is 15.0. The second-order valence-corrected chi connectivity index (χ2v) is 5.38. The predicted octanol–water partition coefficient (Wildman–Crippen LogP) is 2.70. The molecule has 0 N–H and O–H groups in total. The lowest BCUT2D eigenvalue weighted by atomic mass is 10.2. The molecule has 56 valence electrons. The van der Waals surface area contributed by atoms with Crippen molar-refractivity contribution >= 4 is 19.9 Å². The molecular formula is C7H17ClSi. The lowest BCUT2D eigenvalue weighted by Crippen LogP contribution is -1.91. The van der Waals surface area contributed by atoms with Gasteiger partial charge in [-0.2, -0.15) is 11.1 Å². The summed E-state index contributed by atoms with van der Waals surface area (Å²) in [6.07, 6.45) is 5.47. The smallest absolute Gasteiger partial charge is 0.128 e. The molecule has 9 heavy (non-hydrogen) atoms. The monoisotopic (exact) mass is 164 g/mol. The Kier molecular flexibility index (Phi) is 7.00. The van der Waals surface area contributed by atoms with Crippen LogP contribution in [0.15, 0.2) is 0 Å². The van der Waals surface area contributed by atoms with Gasteiger partial charge in [0.15, 0.2) is 0 Å². The third-order valence-corrected chi connectivity index (χ3v) is 4.08. The van der Waals surface area contributed by atoms with Gasteiger partial charge in [0.25, 0.3) is 0 Å². The van der Waals surface area contributed by atoms with Crippen molar-refractivity contribution in [3.8, 4) is 0 Å². The number of rotatable bonds is 5. The van der Waals surface area contributed by atoms with Crippen LogP contribution in [0.2, 0.25) is 5.54 Å². The molecule has 0 fully saturated rings. The Labute approximate surface area is 65.5 Å². The van der Waals surface area contributed by atoms with Gasteiger partial charge in [0.2, 0.25) is 0 Å². The van der Waals surface area contributed by atoms with Crippen molar-refractivity contribution in [2.75, 3.05) is 0 Å². The van der Waals surface area contributed by atoms with E-state index in [9.17, 15) is 0 Å². The van der Waals surface area contributed by atoms with Gasteiger partial charge in [-0.25, -0.2) is 0 Å². The summed E-state index contributed by atoms with van der Waals surface area (Å²) in [7, 11) is -0.217. The van der Waals surface area contributed by atoms with Crippen LogP contribution in [0.1, 0.15) is 39.5 Å². The molecule has 0 aliphatic carbocycles. The average molecular weight is 165 g/mol. The van der Waals surface area contributed by atoms with Gasteiger partial charge in [0.1, 0.15) is 8.83 Å². The van der Waals surface area contributed by atoms with Crippen molar-refractivity contribution in [3.63, 3.8) is 0 Å². The van der Waals surface area contributed by atoms with Crippen LogP contribution in [-0.2, 0) is 0 Å². The van der Waals surface area contributed by atoms with Crippen molar-refractivity contribution < 1.29 is 0 Å². The first-order chi connectivity index (χ1) is 4.31. The third-order valence-electron chi connectivity index (χ3n) is 1.56. The topological polar surface area (TPSA) is 0 Å². The van der Waals surface area contributed by atoms with E-state index in [1.807, 2.05) is 0 Å². The van der Waals surface area contributed by atoms with E-state index < -0.39 is 0 Å². The van der Waals surface area contributed by atoms with E-state index in [1.165, 1.54) is 25.7 Å². The molecule has 0 spiro atoms. The maximum atomic E-state index is 5.77. The molecule has 0 saturated heterocycles. The first kappa shape index (κ1) is 9.51. The fourth-order valence-corrected chi connectivity index (χ4v) is 1.73. The minimum absolute atomic E-state index is 0.217. The summed E-state index contributed by atoms with van der Waals surface area (Å²) in [6.45, 7) is 4.51. The zero-order valence-corrected chi connectivity index (χ0v) is 8.66. The molecule has 0 aromatic heterocycles. The van der Waals surface area contributed by atoms with Crippen LogP contribution in [-0.4, -0.2) is 8.83 Å². The van der Waals surface area contributed by atoms with Gasteiger partial charge < -0.3 is 0 Å². The summed E-state index contributed by atoms with van der Waals surface area (Å²) in [6, 6.07) is 0. The van der Waals surface area contributed by atoms with Crippen LogP contribution in [0.25, 0.3) is 0 Å². The standard InChI is InChI=1S/C7H17ClSi/c1-3-4-5-6-7(2)9-8/h7H,3-6,9H2,1-2H3. The highest BCUT2D eigenvalue weighted by molar-refractivity contribution is 6.94. The SMILES string of the molecule is CCCCCC(C)[SiH2]Cl. The summed E-state index contributed by atoms with van der Waals surface area (Å²) in [5.41, 5.74) is 0.859. The Hall–Kier alpha value is 0.507. The summed E-state index contributed by atoms with van der Waals surface area (Å²) < 4.78 is 0. The summed E-state index contributed by atoms with van der Waals surface area (Å²) in [5.74, 6) is 0. The van der Waals surface area contributed by atoms with Gasteiger partial charge in [0, 0.05) is 0 Å². The van der Waals surface area contributed by atoms with Crippen molar-refractivity contribution in [1.29, 1.82) is 0 Å². The molecule has 0 amide bonds. The molecule has 0 aromatic rings. The Balaban J connectivity index is 2.88. The lowest BCUT2D eigenvalue weighted by Gasteiger charge is -2.03. The molecule has 1 unspecified atom stereocenters. The molecule has 0 nitrogen and oxygen atoms in total. The van der Waals surface area contributed by atoms with E-state index in [0.717, 1.165) is 5.54 Å². The maximum absolute atomic E-state index is 5.77. The molecule has 0 heterocycles. The van der Waals surface area contributed by atoms with Gasteiger partial charge in [-0.05, 0) is 5.54 Å². The largest absolute Gasteiger partial charge is 0.176 e. The van der Waals surface area contributed by atoms with Crippen LogP contribution < -0.4 is 0 Å². The van der Waals surface area contributed by atoms with Crippen molar-refractivity contribution in [2.45, 2.75) is 45.1 Å². The van der Waals surface area contributed by atoms with E-state index in [0.29, 0.717) is 0 Å². The quantitative estimate of drug-likeness (QED) is 0.333. The highest BCUT2D eigenvalue weighted by Gasteiger charge is 1.98. The van der Waals surface area contributed by atoms with Crippen molar-refractivity contribution in [3.05, 3.63) is 0 Å². The molecule has 0 rings (SSSR count). The molecule has 0 aliphatic heterocycles. The average Bonchev–Trinajstić information content (AvgIpc) is 1.89. The Morgan fingerprint density at radius 3 is 2.56 bits per heavy atom. The first-order valence-corrected chi connectivity index (χ1v) is 6.82. The minimum Gasteiger partial charge on any atom is -0.176 e. The molecule has 0 bridgehead atoms. The molecule has 0 aromatic carbocycles. The number of hydrogen-bond acceptors (Lipinski definition) is 0. The van der Waals surface area contributed by atoms with Crippen molar-refractivity contribution in [2.24, 2.45) is 0 Å². The van der Waals surface area contributed by atoms with Gasteiger partial charge in [-0.1, -0.05) is 39.5 Å². The molecule has 0 aliphatic rings. The van der Waals surface area contributed by atoms with Gasteiger partial charge in [-0.3, -0.25) is 0 Å². The van der Waals surface area contributed by atoms with E-state index in [2.05, 4.69) is 13.8 Å². The summed E-state index contributed by atoms with van der Waals surface area (Å²) in [4.78, 5) is 0. The van der Waals surface area contributed by atoms with Crippen LogP contribution in [0.5, 0.6) is 0 Å². The number of unbranched alkanes of at least 4 members (excludes halogenated alkanes) is 2. The Morgan fingerprint density at radius 2 is 2.11 bits per heavy atom. The summed E-state index contributed by atoms with van der Waals surface area (Å²) >= 11 is 5.77. The first-order valence-electron chi connectivity index (χ1n) is 3.87. The predicted molar refractivity (Wildman–Crippen MR) is 48.0 cm³/mol. The third kappa shape index (κ3) is 6.39. The van der Waals surface area contributed by atoms with Gasteiger partial charge in [-0.15, -0.1) is 0 Å². The highest BCUT2D eigenvalue weighted by atomic mass is 35.6. The zero-order chi connectivity index (χ0) is 7.11. The fraction of sp³-hybridized carbons (Fsp3) is 1.00. The molecule has 0 saturated carbocycles. The number of halogens is 1. The Bertz CT molecular complexity index is 56.9.